The molecule has 5 rings (SSSR count). The Kier molecular flexibility index (Phi) is 5.39. The molecular weight excluding hydrogens is 466 g/mol. The summed E-state index contributed by atoms with van der Waals surface area (Å²) in [4.78, 5) is 30.7. The van der Waals surface area contributed by atoms with Gasteiger partial charge >= 0.3 is 0 Å². The van der Waals surface area contributed by atoms with Crippen molar-refractivity contribution >= 4 is 33.2 Å². The third kappa shape index (κ3) is 3.99. The van der Waals surface area contributed by atoms with Gasteiger partial charge in [0.1, 0.15) is 23.1 Å². The van der Waals surface area contributed by atoms with E-state index in [0.29, 0.717) is 29.6 Å². The molecule has 4 heterocycles. The molecule has 33 heavy (non-hydrogen) atoms. The van der Waals surface area contributed by atoms with E-state index in [1.54, 1.807) is 43.3 Å². The molecule has 0 unspecified atom stereocenters. The van der Waals surface area contributed by atoms with Crippen LogP contribution in [0.5, 0.6) is 11.5 Å². The summed E-state index contributed by atoms with van der Waals surface area (Å²) in [5.74, 6) is 0.287. The number of carbonyl (C=O) groups excluding carboxylic acids is 2. The Hall–Kier alpha value is -3.28. The van der Waals surface area contributed by atoms with Crippen molar-refractivity contribution in [2.75, 3.05) is 13.2 Å². The number of fused-ring (bicyclic) bond motifs is 2. The molecule has 0 radical (unpaired) electrons. The van der Waals surface area contributed by atoms with E-state index in [-0.39, 0.29) is 22.0 Å². The standard InChI is InChI=1S/C22H19N3O6S2/c1-13(14-4-6-17-18(11-14)31-10-9-30-17)24-33(28,29)19-7-5-15(32-19)12-25-21(26)16-3-2-8-23-20(16)22(25)27/h2-8,11,13,24H,9-10,12H2,1H3/t13-/m0/s1. The topological polar surface area (TPSA) is 115 Å². The number of benzene rings is 1. The number of pyridine rings is 1. The van der Waals surface area contributed by atoms with E-state index in [1.807, 2.05) is 0 Å². The number of thiophene rings is 1. The Morgan fingerprint density at radius 3 is 2.67 bits per heavy atom. The van der Waals surface area contributed by atoms with Crippen LogP contribution in [0, 0.1) is 0 Å². The van der Waals surface area contributed by atoms with Crippen molar-refractivity contribution in [2.24, 2.45) is 0 Å². The molecule has 1 N–H and O–H groups in total. The van der Waals surface area contributed by atoms with Gasteiger partial charge in [-0.3, -0.25) is 19.5 Å². The molecule has 1 atom stereocenters. The van der Waals surface area contributed by atoms with Crippen LogP contribution < -0.4 is 14.2 Å². The maximum Gasteiger partial charge on any atom is 0.280 e. The fourth-order valence-corrected chi connectivity index (χ4v) is 6.28. The number of hydrogen-bond donors (Lipinski definition) is 1. The summed E-state index contributed by atoms with van der Waals surface area (Å²) in [6.45, 7) is 2.64. The number of amides is 2. The molecule has 9 nitrogen and oxygen atoms in total. The highest BCUT2D eigenvalue weighted by Gasteiger charge is 2.37. The number of rotatable bonds is 6. The van der Waals surface area contributed by atoms with Crippen molar-refractivity contribution in [3.8, 4) is 11.5 Å². The minimum absolute atomic E-state index is 0.0219. The molecule has 2 amide bonds. The van der Waals surface area contributed by atoms with E-state index in [2.05, 4.69) is 9.71 Å². The van der Waals surface area contributed by atoms with Gasteiger partial charge in [-0.2, -0.15) is 0 Å². The molecule has 11 heteroatoms. The average Bonchev–Trinajstić information content (AvgIpc) is 3.39. The van der Waals surface area contributed by atoms with E-state index in [1.165, 1.54) is 12.3 Å². The molecule has 2 aliphatic rings. The number of nitrogens with one attached hydrogen (secondary N) is 1. The second-order valence-corrected chi connectivity index (χ2v) is 10.7. The summed E-state index contributed by atoms with van der Waals surface area (Å²) in [6, 6.07) is 11.0. The molecule has 0 spiro atoms. The van der Waals surface area contributed by atoms with E-state index in [4.69, 9.17) is 9.47 Å². The number of hydrogen-bond acceptors (Lipinski definition) is 8. The number of aromatic nitrogens is 1. The lowest BCUT2D eigenvalue weighted by molar-refractivity contribution is 0.0642. The minimum Gasteiger partial charge on any atom is -0.486 e. The molecular formula is C22H19N3O6S2. The number of carbonyl (C=O) groups is 2. The Morgan fingerprint density at radius 2 is 1.88 bits per heavy atom. The molecule has 2 aromatic heterocycles. The van der Waals surface area contributed by atoms with Crippen LogP contribution >= 0.6 is 11.3 Å². The molecule has 3 aromatic rings. The van der Waals surface area contributed by atoms with Gasteiger partial charge < -0.3 is 9.47 Å². The summed E-state index contributed by atoms with van der Waals surface area (Å²) in [6.07, 6.45) is 1.46. The lowest BCUT2D eigenvalue weighted by Crippen LogP contribution is -2.28. The Balaban J connectivity index is 1.30. The monoisotopic (exact) mass is 485 g/mol. The normalized spacial score (nSPS) is 16.1. The van der Waals surface area contributed by atoms with Gasteiger partial charge in [-0.15, -0.1) is 11.3 Å². The van der Waals surface area contributed by atoms with Gasteiger partial charge in [0.25, 0.3) is 21.8 Å². The maximum atomic E-state index is 12.9. The predicted molar refractivity (Wildman–Crippen MR) is 119 cm³/mol. The smallest absolute Gasteiger partial charge is 0.280 e. The molecule has 0 saturated carbocycles. The summed E-state index contributed by atoms with van der Waals surface area (Å²) >= 11 is 1.01. The summed E-state index contributed by atoms with van der Waals surface area (Å²) < 4.78 is 39.7. The second-order valence-electron chi connectivity index (χ2n) is 7.56. The second kappa shape index (κ2) is 8.25. The fourth-order valence-electron chi connectivity index (χ4n) is 3.69. The fraction of sp³-hybridized carbons (Fsp3) is 0.227. The first-order valence-electron chi connectivity index (χ1n) is 10.2. The molecule has 0 saturated heterocycles. The molecule has 0 fully saturated rings. The van der Waals surface area contributed by atoms with Crippen molar-refractivity contribution in [3.63, 3.8) is 0 Å². The highest BCUT2D eigenvalue weighted by Crippen LogP contribution is 2.33. The van der Waals surface area contributed by atoms with Crippen molar-refractivity contribution < 1.29 is 27.5 Å². The van der Waals surface area contributed by atoms with E-state index in [0.717, 1.165) is 21.8 Å². The van der Waals surface area contributed by atoms with Crippen LogP contribution in [0.15, 0.2) is 52.9 Å². The first-order valence-corrected chi connectivity index (χ1v) is 12.5. The van der Waals surface area contributed by atoms with Crippen molar-refractivity contribution in [1.29, 1.82) is 0 Å². The summed E-state index contributed by atoms with van der Waals surface area (Å²) in [7, 11) is -3.83. The minimum atomic E-state index is -3.83. The quantitative estimate of drug-likeness (QED) is 0.534. The zero-order chi connectivity index (χ0) is 23.2. The first kappa shape index (κ1) is 21.6. The first-order chi connectivity index (χ1) is 15.8. The molecule has 1 aromatic carbocycles. The summed E-state index contributed by atoms with van der Waals surface area (Å²) in [5.41, 5.74) is 1.10. The molecule has 170 valence electrons. The van der Waals surface area contributed by atoms with Crippen molar-refractivity contribution in [1.82, 2.24) is 14.6 Å². The van der Waals surface area contributed by atoms with Gasteiger partial charge in [0.2, 0.25) is 0 Å². The SMILES string of the molecule is C[C@H](NS(=O)(=O)c1ccc(CN2C(=O)c3cccnc3C2=O)s1)c1ccc2c(c1)OCCO2. The zero-order valence-electron chi connectivity index (χ0n) is 17.5. The van der Waals surface area contributed by atoms with Gasteiger partial charge in [-0.05, 0) is 48.9 Å². The third-order valence-corrected chi connectivity index (χ3v) is 8.45. The molecule has 0 bridgehead atoms. The highest BCUT2D eigenvalue weighted by atomic mass is 32.2. The van der Waals surface area contributed by atoms with Gasteiger partial charge in [0.05, 0.1) is 12.1 Å². The molecule has 2 aliphatic heterocycles. The van der Waals surface area contributed by atoms with E-state index < -0.39 is 27.9 Å². The van der Waals surface area contributed by atoms with Crippen molar-refractivity contribution in [2.45, 2.75) is 23.7 Å². The van der Waals surface area contributed by atoms with Crippen LogP contribution in [0.3, 0.4) is 0 Å². The number of sulfonamides is 1. The van der Waals surface area contributed by atoms with Crippen molar-refractivity contribution in [3.05, 3.63) is 70.4 Å². The predicted octanol–water partition coefficient (Wildman–Crippen LogP) is 2.75. The largest absolute Gasteiger partial charge is 0.486 e. The van der Waals surface area contributed by atoms with Gasteiger partial charge in [-0.1, -0.05) is 6.07 Å². The Morgan fingerprint density at radius 1 is 1.09 bits per heavy atom. The number of nitrogens with zero attached hydrogens (tertiary/aromatic N) is 2. The van der Waals surface area contributed by atoms with Gasteiger partial charge in [0.15, 0.2) is 11.5 Å². The average molecular weight is 486 g/mol. The van der Waals surface area contributed by atoms with Gasteiger partial charge in [-0.25, -0.2) is 13.1 Å². The Bertz CT molecular complexity index is 1330. The van der Waals surface area contributed by atoms with Crippen LogP contribution in [-0.2, 0) is 16.6 Å². The van der Waals surface area contributed by atoms with Crippen LogP contribution in [-0.4, -0.2) is 43.3 Å². The summed E-state index contributed by atoms with van der Waals surface area (Å²) in [5, 5.41) is 0. The van der Waals surface area contributed by atoms with Crippen LogP contribution in [0.1, 0.15) is 44.3 Å². The zero-order valence-corrected chi connectivity index (χ0v) is 19.1. The Labute approximate surface area is 194 Å². The maximum absolute atomic E-state index is 12.9. The van der Waals surface area contributed by atoms with E-state index in [9.17, 15) is 18.0 Å². The third-order valence-electron chi connectivity index (χ3n) is 5.34. The van der Waals surface area contributed by atoms with Gasteiger partial charge in [0, 0.05) is 17.1 Å². The number of imide groups is 1. The van der Waals surface area contributed by atoms with E-state index >= 15 is 0 Å². The van der Waals surface area contributed by atoms with Crippen LogP contribution in [0.25, 0.3) is 0 Å². The highest BCUT2D eigenvalue weighted by molar-refractivity contribution is 7.91. The lowest BCUT2D eigenvalue weighted by atomic mass is 10.1. The lowest BCUT2D eigenvalue weighted by Gasteiger charge is -2.21. The van der Waals surface area contributed by atoms with Crippen LogP contribution in [0.2, 0.25) is 0 Å². The van der Waals surface area contributed by atoms with Crippen LogP contribution in [0.4, 0.5) is 0 Å². The number of ether oxygens (including phenoxy) is 2. The molecule has 0 aliphatic carbocycles.